The van der Waals surface area contributed by atoms with Gasteiger partial charge < -0.3 is 16.3 Å². The number of nitrogens with two attached hydrogens (primary N) is 1. The number of benzene rings is 2. The van der Waals surface area contributed by atoms with Gasteiger partial charge in [0.15, 0.2) is 5.84 Å². The van der Waals surface area contributed by atoms with Crippen LogP contribution in [0, 0.1) is 6.92 Å². The second-order valence-electron chi connectivity index (χ2n) is 4.52. The lowest BCUT2D eigenvalue weighted by Crippen LogP contribution is -2.13. The minimum atomic E-state index is 0.114. The van der Waals surface area contributed by atoms with Crippen LogP contribution in [-0.2, 0) is 6.54 Å². The van der Waals surface area contributed by atoms with Crippen molar-refractivity contribution in [3.63, 3.8) is 0 Å². The van der Waals surface area contributed by atoms with Crippen LogP contribution in [0.15, 0.2) is 52.1 Å². The third kappa shape index (κ3) is 3.51. The minimum absolute atomic E-state index is 0.114. The Morgan fingerprint density at radius 2 is 2.10 bits per heavy atom. The molecule has 0 aliphatic carbocycles. The van der Waals surface area contributed by atoms with Crippen molar-refractivity contribution in [2.45, 2.75) is 13.5 Å². The first-order valence-corrected chi connectivity index (χ1v) is 6.96. The lowest BCUT2D eigenvalue weighted by molar-refractivity contribution is 0.318. The van der Waals surface area contributed by atoms with Crippen molar-refractivity contribution in [1.82, 2.24) is 0 Å². The van der Waals surface area contributed by atoms with Crippen LogP contribution in [0.25, 0.3) is 0 Å². The van der Waals surface area contributed by atoms with E-state index in [2.05, 4.69) is 45.5 Å². The first-order valence-electron chi connectivity index (χ1n) is 6.17. The molecule has 0 radical (unpaired) electrons. The van der Waals surface area contributed by atoms with Crippen molar-refractivity contribution >= 4 is 27.5 Å². The van der Waals surface area contributed by atoms with Crippen LogP contribution in [0.1, 0.15) is 16.7 Å². The van der Waals surface area contributed by atoms with Gasteiger partial charge in [0.25, 0.3) is 0 Å². The Balaban J connectivity index is 2.11. The zero-order valence-corrected chi connectivity index (χ0v) is 12.7. The second kappa shape index (κ2) is 6.43. The molecule has 0 saturated carbocycles. The van der Waals surface area contributed by atoms with Gasteiger partial charge in [-0.3, -0.25) is 0 Å². The van der Waals surface area contributed by atoms with Crippen LogP contribution in [0.5, 0.6) is 0 Å². The van der Waals surface area contributed by atoms with Gasteiger partial charge in [-0.1, -0.05) is 29.4 Å². The summed E-state index contributed by atoms with van der Waals surface area (Å²) < 4.78 is 1.03. The first-order chi connectivity index (χ1) is 9.60. The number of hydrogen-bond acceptors (Lipinski definition) is 3. The maximum absolute atomic E-state index is 8.69. The highest BCUT2D eigenvalue weighted by Crippen LogP contribution is 2.23. The molecule has 0 bridgehead atoms. The van der Waals surface area contributed by atoms with Gasteiger partial charge in [-0.05, 0) is 52.2 Å². The Bertz CT molecular complexity index is 641. The number of rotatable bonds is 4. The van der Waals surface area contributed by atoms with Crippen LogP contribution in [0.4, 0.5) is 5.69 Å². The third-order valence-electron chi connectivity index (χ3n) is 2.94. The van der Waals surface area contributed by atoms with Crippen molar-refractivity contribution in [2.75, 3.05) is 5.32 Å². The topological polar surface area (TPSA) is 70.6 Å². The van der Waals surface area contributed by atoms with Gasteiger partial charge >= 0.3 is 0 Å². The quantitative estimate of drug-likeness (QED) is 0.347. The number of oxime groups is 1. The molecular weight excluding hydrogens is 318 g/mol. The molecule has 0 atom stereocenters. The van der Waals surface area contributed by atoms with Gasteiger partial charge in [0.05, 0.1) is 0 Å². The molecular formula is C15H16BrN3O. The monoisotopic (exact) mass is 333 g/mol. The average Bonchev–Trinajstić information content (AvgIpc) is 2.46. The van der Waals surface area contributed by atoms with E-state index in [1.54, 1.807) is 6.07 Å². The summed E-state index contributed by atoms with van der Waals surface area (Å²) in [5, 5.41) is 15.0. The van der Waals surface area contributed by atoms with Crippen molar-refractivity contribution in [1.29, 1.82) is 0 Å². The molecule has 104 valence electrons. The molecule has 0 spiro atoms. The number of aryl methyl sites for hydroxylation is 1. The normalized spacial score (nSPS) is 11.4. The number of nitrogens with zero attached hydrogens (tertiary/aromatic N) is 1. The molecule has 4 N–H and O–H groups in total. The molecule has 0 unspecified atom stereocenters. The Kier molecular flexibility index (Phi) is 4.63. The van der Waals surface area contributed by atoms with Crippen LogP contribution in [0.3, 0.4) is 0 Å². The predicted molar refractivity (Wildman–Crippen MR) is 85.2 cm³/mol. The highest BCUT2D eigenvalue weighted by atomic mass is 79.9. The molecule has 5 heteroatoms. The maximum atomic E-state index is 8.69. The summed E-state index contributed by atoms with van der Waals surface area (Å²) in [5.41, 5.74) is 9.58. The van der Waals surface area contributed by atoms with Crippen molar-refractivity contribution in [2.24, 2.45) is 10.9 Å². The fourth-order valence-electron chi connectivity index (χ4n) is 1.86. The summed E-state index contributed by atoms with van der Waals surface area (Å²) >= 11 is 3.53. The van der Waals surface area contributed by atoms with E-state index in [0.717, 1.165) is 15.7 Å². The summed E-state index contributed by atoms with van der Waals surface area (Å²) in [6.07, 6.45) is 0. The van der Waals surface area contributed by atoms with Gasteiger partial charge in [0.2, 0.25) is 0 Å². The Hall–Kier alpha value is -2.01. The third-order valence-corrected chi connectivity index (χ3v) is 3.59. The molecule has 0 fully saturated rings. The Labute approximate surface area is 126 Å². The average molecular weight is 334 g/mol. The molecule has 4 nitrogen and oxygen atoms in total. The molecule has 0 amide bonds. The van der Waals surface area contributed by atoms with E-state index >= 15 is 0 Å². The largest absolute Gasteiger partial charge is 0.409 e. The maximum Gasteiger partial charge on any atom is 0.170 e. The van der Waals surface area contributed by atoms with E-state index in [-0.39, 0.29) is 5.84 Å². The van der Waals surface area contributed by atoms with Crippen molar-refractivity contribution < 1.29 is 5.21 Å². The van der Waals surface area contributed by atoms with Crippen molar-refractivity contribution in [3.05, 3.63) is 63.6 Å². The highest BCUT2D eigenvalue weighted by molar-refractivity contribution is 9.10. The fraction of sp³-hybridized carbons (Fsp3) is 0.133. The van der Waals surface area contributed by atoms with Gasteiger partial charge in [-0.2, -0.15) is 0 Å². The smallest absolute Gasteiger partial charge is 0.170 e. The summed E-state index contributed by atoms with van der Waals surface area (Å²) in [4.78, 5) is 0. The number of nitrogens with one attached hydrogen (secondary N) is 1. The minimum Gasteiger partial charge on any atom is -0.409 e. The van der Waals surface area contributed by atoms with Crippen molar-refractivity contribution in [3.8, 4) is 0 Å². The SMILES string of the molecule is Cc1ccc(NCc2cccc(C(N)=NO)c2)c(Br)c1. The van der Waals surface area contributed by atoms with Gasteiger partial charge in [-0.15, -0.1) is 0 Å². The lowest BCUT2D eigenvalue weighted by atomic mass is 10.1. The summed E-state index contributed by atoms with van der Waals surface area (Å²) in [6.45, 7) is 2.71. The molecule has 0 aromatic heterocycles. The van der Waals surface area contributed by atoms with E-state index in [4.69, 9.17) is 10.9 Å². The summed E-state index contributed by atoms with van der Waals surface area (Å²) in [7, 11) is 0. The standard InChI is InChI=1S/C15H16BrN3O/c1-10-5-6-14(13(16)7-10)18-9-11-3-2-4-12(8-11)15(17)19-20/h2-8,18,20H,9H2,1H3,(H2,17,19). The van der Waals surface area contributed by atoms with Gasteiger partial charge in [0, 0.05) is 22.3 Å². The van der Waals surface area contributed by atoms with E-state index < -0.39 is 0 Å². The van der Waals surface area contributed by atoms with E-state index in [1.807, 2.05) is 24.3 Å². The zero-order chi connectivity index (χ0) is 14.5. The number of amidine groups is 1. The van der Waals surface area contributed by atoms with Crippen LogP contribution < -0.4 is 11.1 Å². The highest BCUT2D eigenvalue weighted by Gasteiger charge is 2.02. The Morgan fingerprint density at radius 3 is 2.80 bits per heavy atom. The van der Waals surface area contributed by atoms with Crippen LogP contribution in [-0.4, -0.2) is 11.0 Å². The van der Waals surface area contributed by atoms with E-state index in [9.17, 15) is 0 Å². The Morgan fingerprint density at radius 1 is 1.30 bits per heavy atom. The molecule has 0 aliphatic heterocycles. The van der Waals surface area contributed by atoms with Gasteiger partial charge in [0.1, 0.15) is 0 Å². The van der Waals surface area contributed by atoms with E-state index in [1.165, 1.54) is 5.56 Å². The van der Waals surface area contributed by atoms with Gasteiger partial charge in [-0.25, -0.2) is 0 Å². The number of anilines is 1. The molecule has 0 heterocycles. The summed E-state index contributed by atoms with van der Waals surface area (Å²) in [6, 6.07) is 13.7. The predicted octanol–water partition coefficient (Wildman–Crippen LogP) is 3.46. The van der Waals surface area contributed by atoms with Crippen LogP contribution >= 0.6 is 15.9 Å². The molecule has 20 heavy (non-hydrogen) atoms. The molecule has 2 rings (SSSR count). The number of hydrogen-bond donors (Lipinski definition) is 3. The van der Waals surface area contributed by atoms with Crippen LogP contribution in [0.2, 0.25) is 0 Å². The second-order valence-corrected chi connectivity index (χ2v) is 5.38. The summed E-state index contributed by atoms with van der Waals surface area (Å²) in [5.74, 6) is 0.114. The first kappa shape index (κ1) is 14.4. The molecule has 0 aliphatic rings. The molecule has 2 aromatic rings. The lowest BCUT2D eigenvalue weighted by Gasteiger charge is -2.10. The molecule has 2 aromatic carbocycles. The zero-order valence-electron chi connectivity index (χ0n) is 11.1. The number of halogens is 1. The van der Waals surface area contributed by atoms with E-state index in [0.29, 0.717) is 12.1 Å². The fourth-order valence-corrected chi connectivity index (χ4v) is 2.49. The molecule has 0 saturated heterocycles.